The van der Waals surface area contributed by atoms with Gasteiger partial charge in [0.25, 0.3) is 0 Å². The molecule has 0 fully saturated rings. The third-order valence-electron chi connectivity index (χ3n) is 2.74. The average molecular weight is 286 g/mol. The van der Waals surface area contributed by atoms with Crippen LogP contribution in [0.15, 0.2) is 42.5 Å². The number of alkyl halides is 3. The highest BCUT2D eigenvalue weighted by molar-refractivity contribution is 6.33. The third kappa shape index (κ3) is 3.08. The van der Waals surface area contributed by atoms with Gasteiger partial charge in [-0.3, -0.25) is 0 Å². The number of hydrogen-bond acceptors (Lipinski definition) is 1. The quantitative estimate of drug-likeness (QED) is 0.865. The second-order valence-electron chi connectivity index (χ2n) is 4.10. The van der Waals surface area contributed by atoms with E-state index in [-0.39, 0.29) is 6.54 Å². The van der Waals surface area contributed by atoms with Gasteiger partial charge < -0.3 is 5.73 Å². The number of nitrogens with two attached hydrogens (primary N) is 1. The number of halogens is 4. The van der Waals surface area contributed by atoms with Gasteiger partial charge in [-0.1, -0.05) is 29.8 Å². The van der Waals surface area contributed by atoms with Gasteiger partial charge in [0, 0.05) is 17.1 Å². The molecule has 2 N–H and O–H groups in total. The van der Waals surface area contributed by atoms with Crippen molar-refractivity contribution in [2.45, 2.75) is 12.7 Å². The zero-order valence-electron chi connectivity index (χ0n) is 9.84. The van der Waals surface area contributed by atoms with Gasteiger partial charge in [-0.05, 0) is 35.4 Å². The fourth-order valence-electron chi connectivity index (χ4n) is 1.82. The molecule has 0 bridgehead atoms. The molecule has 2 aromatic carbocycles. The van der Waals surface area contributed by atoms with Gasteiger partial charge in [0.2, 0.25) is 0 Å². The average Bonchev–Trinajstić information content (AvgIpc) is 2.37. The topological polar surface area (TPSA) is 26.0 Å². The Morgan fingerprint density at radius 2 is 1.74 bits per heavy atom. The van der Waals surface area contributed by atoms with Crippen LogP contribution in [0.1, 0.15) is 11.1 Å². The minimum absolute atomic E-state index is 0.0430. The van der Waals surface area contributed by atoms with Crippen molar-refractivity contribution in [2.75, 3.05) is 0 Å². The first-order valence-corrected chi connectivity index (χ1v) is 5.96. The Morgan fingerprint density at radius 1 is 1.05 bits per heavy atom. The van der Waals surface area contributed by atoms with Crippen molar-refractivity contribution >= 4 is 11.6 Å². The highest BCUT2D eigenvalue weighted by atomic mass is 35.5. The van der Waals surface area contributed by atoms with Gasteiger partial charge >= 0.3 is 6.18 Å². The van der Waals surface area contributed by atoms with Crippen molar-refractivity contribution < 1.29 is 13.2 Å². The predicted molar refractivity (Wildman–Crippen MR) is 69.8 cm³/mol. The largest absolute Gasteiger partial charge is 0.416 e. The number of benzene rings is 2. The van der Waals surface area contributed by atoms with Crippen LogP contribution in [0, 0.1) is 0 Å². The van der Waals surface area contributed by atoms with Crippen LogP contribution in [0.4, 0.5) is 13.2 Å². The van der Waals surface area contributed by atoms with Crippen LogP contribution in [0.3, 0.4) is 0 Å². The molecule has 2 rings (SSSR count). The molecule has 1 nitrogen and oxygen atoms in total. The second-order valence-corrected chi connectivity index (χ2v) is 4.51. The summed E-state index contributed by atoms with van der Waals surface area (Å²) in [4.78, 5) is 0. The molecule has 19 heavy (non-hydrogen) atoms. The Bertz CT molecular complexity index is 593. The molecule has 0 spiro atoms. The number of rotatable bonds is 2. The van der Waals surface area contributed by atoms with E-state index in [0.717, 1.165) is 12.1 Å². The van der Waals surface area contributed by atoms with E-state index in [4.69, 9.17) is 17.3 Å². The lowest BCUT2D eigenvalue weighted by Gasteiger charge is -2.12. The fraction of sp³-hybridized carbons (Fsp3) is 0.143. The maximum absolute atomic E-state index is 12.8. The van der Waals surface area contributed by atoms with Gasteiger partial charge in [0.05, 0.1) is 5.56 Å². The molecule has 0 radical (unpaired) electrons. The van der Waals surface area contributed by atoms with E-state index in [9.17, 15) is 13.2 Å². The fourth-order valence-corrected chi connectivity index (χ4v) is 2.07. The molecule has 0 amide bonds. The van der Waals surface area contributed by atoms with Crippen molar-refractivity contribution in [2.24, 2.45) is 5.73 Å². The normalized spacial score (nSPS) is 11.6. The molecule has 0 saturated heterocycles. The van der Waals surface area contributed by atoms with Crippen molar-refractivity contribution in [3.05, 3.63) is 58.6 Å². The van der Waals surface area contributed by atoms with Crippen molar-refractivity contribution in [1.82, 2.24) is 0 Å². The summed E-state index contributed by atoms with van der Waals surface area (Å²) in [5, 5.41) is 0.407. The van der Waals surface area contributed by atoms with Crippen LogP contribution in [0.2, 0.25) is 5.02 Å². The molecule has 0 unspecified atom stereocenters. The van der Waals surface area contributed by atoms with Crippen LogP contribution in [-0.4, -0.2) is 0 Å². The van der Waals surface area contributed by atoms with E-state index < -0.39 is 11.7 Å². The van der Waals surface area contributed by atoms with E-state index in [0.29, 0.717) is 21.7 Å². The SMILES string of the molecule is NCc1cc(-c2ccccc2Cl)cc(C(F)(F)F)c1. The van der Waals surface area contributed by atoms with Gasteiger partial charge in [-0.2, -0.15) is 13.2 Å². The Hall–Kier alpha value is -1.52. The molecule has 0 saturated carbocycles. The Morgan fingerprint density at radius 3 is 2.32 bits per heavy atom. The van der Waals surface area contributed by atoms with E-state index in [1.165, 1.54) is 0 Å². The summed E-state index contributed by atoms with van der Waals surface area (Å²) in [5.74, 6) is 0. The smallest absolute Gasteiger partial charge is 0.326 e. The zero-order chi connectivity index (χ0) is 14.0. The summed E-state index contributed by atoms with van der Waals surface area (Å²) >= 11 is 6.01. The first-order chi connectivity index (χ1) is 8.91. The van der Waals surface area contributed by atoms with Crippen LogP contribution < -0.4 is 5.73 Å². The predicted octanol–water partition coefficient (Wildman–Crippen LogP) is 4.48. The molecule has 2 aromatic rings. The lowest BCUT2D eigenvalue weighted by atomic mass is 9.99. The Labute approximate surface area is 113 Å². The molecular formula is C14H11ClF3N. The molecule has 0 aliphatic carbocycles. The summed E-state index contributed by atoms with van der Waals surface area (Å²) in [6.07, 6.45) is -4.40. The van der Waals surface area contributed by atoms with Gasteiger partial charge in [-0.15, -0.1) is 0 Å². The molecule has 0 aromatic heterocycles. The van der Waals surface area contributed by atoms with Crippen LogP contribution in [0.5, 0.6) is 0 Å². The minimum atomic E-state index is -4.40. The summed E-state index contributed by atoms with van der Waals surface area (Å²) in [6.45, 7) is 0.0430. The summed E-state index contributed by atoms with van der Waals surface area (Å²) in [7, 11) is 0. The molecule has 0 heterocycles. The highest BCUT2D eigenvalue weighted by Crippen LogP contribution is 2.35. The van der Waals surface area contributed by atoms with Gasteiger partial charge in [-0.25, -0.2) is 0 Å². The Balaban J connectivity index is 2.61. The summed E-state index contributed by atoms with van der Waals surface area (Å²) in [5.41, 5.74) is 6.13. The van der Waals surface area contributed by atoms with E-state index >= 15 is 0 Å². The molecule has 100 valence electrons. The van der Waals surface area contributed by atoms with Crippen LogP contribution in [-0.2, 0) is 12.7 Å². The van der Waals surface area contributed by atoms with E-state index in [1.54, 1.807) is 30.3 Å². The van der Waals surface area contributed by atoms with Crippen molar-refractivity contribution in [1.29, 1.82) is 0 Å². The van der Waals surface area contributed by atoms with E-state index in [2.05, 4.69) is 0 Å². The summed E-state index contributed by atoms with van der Waals surface area (Å²) in [6, 6.07) is 10.5. The molecule has 0 aliphatic heterocycles. The van der Waals surface area contributed by atoms with Crippen molar-refractivity contribution in [3.8, 4) is 11.1 Å². The molecule has 5 heteroatoms. The third-order valence-corrected chi connectivity index (χ3v) is 3.07. The van der Waals surface area contributed by atoms with Gasteiger partial charge in [0.1, 0.15) is 0 Å². The van der Waals surface area contributed by atoms with Gasteiger partial charge in [0.15, 0.2) is 0 Å². The maximum Gasteiger partial charge on any atom is 0.416 e. The lowest BCUT2D eigenvalue weighted by Crippen LogP contribution is -2.07. The van der Waals surface area contributed by atoms with Crippen molar-refractivity contribution in [3.63, 3.8) is 0 Å². The Kier molecular flexibility index (Phi) is 3.83. The van der Waals surface area contributed by atoms with Crippen LogP contribution >= 0.6 is 11.6 Å². The standard InChI is InChI=1S/C14H11ClF3N/c15-13-4-2-1-3-12(13)10-5-9(8-19)6-11(7-10)14(16,17)18/h1-7H,8,19H2. The first-order valence-electron chi connectivity index (χ1n) is 5.58. The first kappa shape index (κ1) is 13.9. The molecular weight excluding hydrogens is 275 g/mol. The zero-order valence-corrected chi connectivity index (χ0v) is 10.6. The monoisotopic (exact) mass is 285 g/mol. The second kappa shape index (κ2) is 5.23. The maximum atomic E-state index is 12.8. The van der Waals surface area contributed by atoms with E-state index in [1.807, 2.05) is 0 Å². The molecule has 0 atom stereocenters. The minimum Gasteiger partial charge on any atom is -0.326 e. The van der Waals surface area contributed by atoms with Crippen LogP contribution in [0.25, 0.3) is 11.1 Å². The lowest BCUT2D eigenvalue weighted by molar-refractivity contribution is -0.137. The summed E-state index contributed by atoms with van der Waals surface area (Å²) < 4.78 is 38.5. The highest BCUT2D eigenvalue weighted by Gasteiger charge is 2.31. The number of hydrogen-bond donors (Lipinski definition) is 1. The molecule has 0 aliphatic rings.